The first-order valence-corrected chi connectivity index (χ1v) is 10.9. The highest BCUT2D eigenvalue weighted by Gasteiger charge is 2.36. The minimum atomic E-state index is -4.39. The maximum absolute atomic E-state index is 12.7. The molecule has 1 aromatic heterocycles. The predicted octanol–water partition coefficient (Wildman–Crippen LogP) is 2.58. The number of benzene rings is 1. The molecule has 0 saturated heterocycles. The van der Waals surface area contributed by atoms with Gasteiger partial charge in [0.1, 0.15) is 10.9 Å². The van der Waals surface area contributed by atoms with Gasteiger partial charge in [-0.2, -0.15) is 0 Å². The number of sulfonamides is 1. The number of hydrogen-bond donors (Lipinski definition) is 2. The van der Waals surface area contributed by atoms with Crippen molar-refractivity contribution in [2.45, 2.75) is 12.8 Å². The van der Waals surface area contributed by atoms with E-state index < -0.39 is 31.5 Å². The lowest BCUT2D eigenvalue weighted by Crippen LogP contribution is -2.31. The Kier molecular flexibility index (Phi) is 5.27. The summed E-state index contributed by atoms with van der Waals surface area (Å²) in [4.78, 5) is 28.3. The van der Waals surface area contributed by atoms with Crippen molar-refractivity contribution >= 4 is 39.0 Å². The number of anilines is 1. The molecule has 152 valence electrons. The second kappa shape index (κ2) is 7.89. The van der Waals surface area contributed by atoms with Crippen LogP contribution in [0.5, 0.6) is 0 Å². The van der Waals surface area contributed by atoms with Gasteiger partial charge in [-0.3, -0.25) is 14.3 Å². The zero-order valence-corrected chi connectivity index (χ0v) is 17.1. The Balaban J connectivity index is 1.56. The number of Topliss-reactive ketones (excluding diaryl/α,β-unsaturated/α-hetero) is 1. The van der Waals surface area contributed by atoms with Gasteiger partial charge in [0.15, 0.2) is 4.91 Å². The summed E-state index contributed by atoms with van der Waals surface area (Å²) in [6, 6.07) is 12.5. The lowest BCUT2D eigenvalue weighted by Gasteiger charge is -2.21. The normalized spacial score (nSPS) is 16.6. The molecule has 1 heterocycles. The summed E-state index contributed by atoms with van der Waals surface area (Å²) in [6.07, 6.45) is 5.52. The van der Waals surface area contributed by atoms with Crippen LogP contribution in [0.15, 0.2) is 82.1 Å². The second-order valence-corrected chi connectivity index (χ2v) is 8.72. The molecule has 30 heavy (non-hydrogen) atoms. The largest absolute Gasteiger partial charge is 0.356 e. The second-order valence-electron chi connectivity index (χ2n) is 6.72. The monoisotopic (exact) mass is 441 g/mol. The Morgan fingerprint density at radius 2 is 1.73 bits per heavy atom. The van der Waals surface area contributed by atoms with Crippen LogP contribution in [0.1, 0.15) is 11.1 Å². The van der Waals surface area contributed by atoms with Gasteiger partial charge in [-0.1, -0.05) is 48.0 Å². The number of nitrogens with zero attached hydrogens (tertiary/aromatic N) is 1. The molecule has 0 aliphatic heterocycles. The van der Waals surface area contributed by atoms with E-state index in [1.54, 1.807) is 12.1 Å². The van der Waals surface area contributed by atoms with Crippen LogP contribution in [0.25, 0.3) is 0 Å². The van der Waals surface area contributed by atoms with Crippen molar-refractivity contribution in [3.8, 4) is 0 Å². The third kappa shape index (κ3) is 3.92. The minimum Gasteiger partial charge on any atom is -0.356 e. The van der Waals surface area contributed by atoms with Gasteiger partial charge in [0.2, 0.25) is 11.6 Å². The fourth-order valence-corrected chi connectivity index (χ4v) is 4.90. The number of aromatic nitrogens is 1. The first-order chi connectivity index (χ1) is 14.3. The highest BCUT2D eigenvalue weighted by atomic mass is 35.5. The molecule has 2 aromatic rings. The first kappa shape index (κ1) is 20.1. The maximum Gasteiger partial charge on any atom is 0.268 e. The Hall–Kier alpha value is -3.23. The topological polar surface area (TPSA) is 105 Å². The summed E-state index contributed by atoms with van der Waals surface area (Å²) in [5, 5.41) is 2.27. The number of hydrogen-bond acceptors (Lipinski definition) is 6. The number of rotatable bonds is 5. The summed E-state index contributed by atoms with van der Waals surface area (Å²) in [6.45, 7) is 0. The van der Waals surface area contributed by atoms with Crippen molar-refractivity contribution < 1.29 is 18.0 Å². The number of fused-ring (bicyclic) bond motifs is 1. The summed E-state index contributed by atoms with van der Waals surface area (Å²) >= 11 is 6.04. The van der Waals surface area contributed by atoms with Crippen LogP contribution in [0, 0.1) is 0 Å². The van der Waals surface area contributed by atoms with E-state index in [1.165, 1.54) is 17.8 Å². The molecule has 1 aromatic carbocycles. The molecule has 2 aliphatic rings. The predicted molar refractivity (Wildman–Crippen MR) is 113 cm³/mol. The van der Waals surface area contributed by atoms with Gasteiger partial charge >= 0.3 is 0 Å². The van der Waals surface area contributed by atoms with E-state index in [2.05, 4.69) is 15.0 Å². The lowest BCUT2D eigenvalue weighted by atomic mass is 9.94. The average molecular weight is 442 g/mol. The van der Waals surface area contributed by atoms with Crippen molar-refractivity contribution in [3.63, 3.8) is 0 Å². The molecule has 0 fully saturated rings. The van der Waals surface area contributed by atoms with Gasteiger partial charge in [-0.15, -0.1) is 0 Å². The number of halogens is 1. The Bertz CT molecular complexity index is 1250. The zero-order chi connectivity index (χ0) is 21.3. The number of ketones is 2. The van der Waals surface area contributed by atoms with E-state index in [0.29, 0.717) is 12.8 Å². The number of carbonyl (C=O) groups is 2. The number of allylic oxidation sites excluding steroid dienone is 5. The van der Waals surface area contributed by atoms with E-state index in [4.69, 9.17) is 11.6 Å². The number of carbonyl (C=O) groups excluding carboxylic acids is 2. The third-order valence-electron chi connectivity index (χ3n) is 4.68. The van der Waals surface area contributed by atoms with Crippen LogP contribution in [0.4, 0.5) is 5.82 Å². The van der Waals surface area contributed by atoms with Crippen molar-refractivity contribution in [1.82, 2.24) is 10.3 Å². The van der Waals surface area contributed by atoms with Gasteiger partial charge in [-0.05, 0) is 29.7 Å². The van der Waals surface area contributed by atoms with Crippen LogP contribution < -0.4 is 10.0 Å². The van der Waals surface area contributed by atoms with Crippen LogP contribution in [-0.4, -0.2) is 25.0 Å². The first-order valence-electron chi connectivity index (χ1n) is 9.02. The van der Waals surface area contributed by atoms with Gasteiger partial charge in [0.05, 0.1) is 5.70 Å². The molecule has 4 rings (SSSR count). The lowest BCUT2D eigenvalue weighted by molar-refractivity contribution is -0.115. The summed E-state index contributed by atoms with van der Waals surface area (Å²) in [5.41, 5.74) is 2.98. The Morgan fingerprint density at radius 3 is 2.47 bits per heavy atom. The average Bonchev–Trinajstić information content (AvgIpc) is 2.72. The zero-order valence-electron chi connectivity index (χ0n) is 15.6. The van der Waals surface area contributed by atoms with Crippen molar-refractivity contribution in [2.24, 2.45) is 0 Å². The van der Waals surface area contributed by atoms with Crippen LogP contribution >= 0.6 is 11.6 Å². The quantitative estimate of drug-likeness (QED) is 0.691. The smallest absolute Gasteiger partial charge is 0.268 e. The highest BCUT2D eigenvalue weighted by Crippen LogP contribution is 2.28. The molecule has 0 radical (unpaired) electrons. The molecule has 0 saturated carbocycles. The molecule has 0 spiro atoms. The molecule has 2 aliphatic carbocycles. The highest BCUT2D eigenvalue weighted by molar-refractivity contribution is 7.97. The van der Waals surface area contributed by atoms with E-state index in [9.17, 15) is 18.0 Å². The number of pyridine rings is 1. The summed E-state index contributed by atoms with van der Waals surface area (Å²) in [5.74, 6) is -1.64. The molecule has 0 bridgehead atoms. The van der Waals surface area contributed by atoms with E-state index in [0.717, 1.165) is 17.3 Å². The summed E-state index contributed by atoms with van der Waals surface area (Å²) in [7, 11) is -4.39. The van der Waals surface area contributed by atoms with E-state index in [1.807, 2.05) is 30.3 Å². The maximum atomic E-state index is 12.7. The number of nitrogens with one attached hydrogen (secondary N) is 2. The molecule has 0 unspecified atom stereocenters. The van der Waals surface area contributed by atoms with Crippen molar-refractivity contribution in [1.29, 1.82) is 0 Å². The van der Waals surface area contributed by atoms with E-state index in [-0.39, 0.29) is 11.5 Å². The SMILES string of the molecule is O=C1C=C(NC2=CCc3ccccc3C2)C(=O)C(Cl)=C1S(=O)(=O)Nc1ccccn1. The van der Waals surface area contributed by atoms with Crippen molar-refractivity contribution in [2.75, 3.05) is 4.72 Å². The van der Waals surface area contributed by atoms with Gasteiger partial charge in [0.25, 0.3) is 10.0 Å². The third-order valence-corrected chi connectivity index (χ3v) is 6.57. The molecule has 7 nitrogen and oxygen atoms in total. The molecular weight excluding hydrogens is 426 g/mol. The van der Waals surface area contributed by atoms with Gasteiger partial charge < -0.3 is 5.32 Å². The minimum absolute atomic E-state index is 0.00800. The molecule has 2 N–H and O–H groups in total. The van der Waals surface area contributed by atoms with Crippen LogP contribution in [0.2, 0.25) is 0 Å². The Labute approximate surface area is 178 Å². The fraction of sp³-hybridized carbons (Fsp3) is 0.0952. The van der Waals surface area contributed by atoms with E-state index >= 15 is 0 Å². The fourth-order valence-electron chi connectivity index (χ4n) is 3.25. The van der Waals surface area contributed by atoms with Gasteiger partial charge in [0, 0.05) is 24.4 Å². The standard InChI is InChI=1S/C21H16ClN3O4S/c22-19-20(27)16(24-15-9-8-13-5-1-2-6-14(13)11-15)12-17(26)21(19)30(28,29)25-18-7-3-4-10-23-18/h1-7,9-10,12,24H,8,11H2,(H,23,25). The Morgan fingerprint density at radius 1 is 1.00 bits per heavy atom. The van der Waals surface area contributed by atoms with Gasteiger partial charge in [-0.25, -0.2) is 13.4 Å². The van der Waals surface area contributed by atoms with Crippen LogP contribution in [-0.2, 0) is 32.5 Å². The molecular formula is C21H16ClN3O4S. The van der Waals surface area contributed by atoms with Crippen molar-refractivity contribution in [3.05, 3.63) is 93.3 Å². The summed E-state index contributed by atoms with van der Waals surface area (Å²) < 4.78 is 27.4. The molecule has 0 atom stereocenters. The molecule has 9 heteroatoms. The molecule has 0 amide bonds. The van der Waals surface area contributed by atoms with Crippen LogP contribution in [0.3, 0.4) is 0 Å².